The molecule has 74 valence electrons. The van der Waals surface area contributed by atoms with Crippen LogP contribution in [0.15, 0.2) is 12.7 Å². The van der Waals surface area contributed by atoms with Crippen LogP contribution in [0.25, 0.3) is 0 Å². The first-order valence-corrected chi connectivity index (χ1v) is 5.10. The van der Waals surface area contributed by atoms with Gasteiger partial charge in [-0.15, -0.1) is 0 Å². The molecule has 0 radical (unpaired) electrons. The smallest absolute Gasteiger partial charge is 0.245 e. The highest BCUT2D eigenvalue weighted by Crippen LogP contribution is 2.25. The predicted molar refractivity (Wildman–Crippen MR) is 54.3 cm³/mol. The van der Waals surface area contributed by atoms with Crippen LogP contribution in [0.1, 0.15) is 26.7 Å². The van der Waals surface area contributed by atoms with Crippen molar-refractivity contribution in [1.29, 1.82) is 0 Å². The molecule has 2 heteroatoms. The van der Waals surface area contributed by atoms with E-state index in [1.165, 1.54) is 12.5 Å². The van der Waals surface area contributed by atoms with Crippen LogP contribution in [-0.4, -0.2) is 23.9 Å². The topological polar surface area (TPSA) is 20.3 Å². The number of rotatable bonds is 3. The number of carbonyl (C=O) groups is 1. The first kappa shape index (κ1) is 10.3. The van der Waals surface area contributed by atoms with Gasteiger partial charge in [-0.05, 0) is 24.3 Å². The van der Waals surface area contributed by atoms with Crippen LogP contribution in [0.3, 0.4) is 0 Å². The van der Waals surface area contributed by atoms with E-state index in [9.17, 15) is 4.79 Å². The van der Waals surface area contributed by atoms with E-state index in [4.69, 9.17) is 0 Å². The summed E-state index contributed by atoms with van der Waals surface area (Å²) < 4.78 is 0. The van der Waals surface area contributed by atoms with Crippen molar-refractivity contribution in [2.45, 2.75) is 26.7 Å². The molecule has 1 amide bonds. The molecule has 1 aliphatic rings. The van der Waals surface area contributed by atoms with Gasteiger partial charge in [0.15, 0.2) is 0 Å². The van der Waals surface area contributed by atoms with Gasteiger partial charge in [0.25, 0.3) is 0 Å². The van der Waals surface area contributed by atoms with Gasteiger partial charge in [-0.1, -0.05) is 26.8 Å². The number of hydrogen-bond acceptors (Lipinski definition) is 1. The van der Waals surface area contributed by atoms with Crippen molar-refractivity contribution >= 4 is 5.91 Å². The number of likely N-dealkylation sites (tertiary alicyclic amines) is 1. The molecule has 1 fully saturated rings. The van der Waals surface area contributed by atoms with Crippen LogP contribution in [0, 0.1) is 11.8 Å². The molecule has 2 atom stereocenters. The molecule has 0 N–H and O–H groups in total. The normalized spacial score (nSPS) is 24.5. The van der Waals surface area contributed by atoms with Crippen LogP contribution >= 0.6 is 0 Å². The molecule has 0 spiro atoms. The Morgan fingerprint density at radius 2 is 2.46 bits per heavy atom. The fourth-order valence-corrected chi connectivity index (χ4v) is 1.91. The van der Waals surface area contributed by atoms with Crippen molar-refractivity contribution in [3.63, 3.8) is 0 Å². The lowest BCUT2D eigenvalue weighted by molar-refractivity contribution is -0.125. The summed E-state index contributed by atoms with van der Waals surface area (Å²) in [4.78, 5) is 13.2. The van der Waals surface area contributed by atoms with Crippen LogP contribution < -0.4 is 0 Å². The summed E-state index contributed by atoms with van der Waals surface area (Å²) in [5.41, 5.74) is 0. The molecule has 1 rings (SSSR count). The van der Waals surface area contributed by atoms with E-state index in [0.29, 0.717) is 5.92 Å². The zero-order valence-electron chi connectivity index (χ0n) is 8.62. The molecule has 0 aromatic rings. The highest BCUT2D eigenvalue weighted by molar-refractivity contribution is 5.87. The minimum atomic E-state index is 0.0887. The van der Waals surface area contributed by atoms with Crippen molar-refractivity contribution in [2.24, 2.45) is 11.8 Å². The van der Waals surface area contributed by atoms with Gasteiger partial charge in [-0.3, -0.25) is 4.79 Å². The van der Waals surface area contributed by atoms with E-state index in [2.05, 4.69) is 20.4 Å². The molecule has 1 saturated heterocycles. The Kier molecular flexibility index (Phi) is 3.52. The molecule has 0 aromatic heterocycles. The molecular weight excluding hydrogens is 162 g/mol. The Morgan fingerprint density at radius 3 is 3.00 bits per heavy atom. The SMILES string of the molecule is C=CC(=O)N1CCC(C(C)CC)C1. The zero-order valence-corrected chi connectivity index (χ0v) is 8.62. The Morgan fingerprint density at radius 1 is 1.77 bits per heavy atom. The van der Waals surface area contributed by atoms with Crippen molar-refractivity contribution in [3.05, 3.63) is 12.7 Å². The summed E-state index contributed by atoms with van der Waals surface area (Å²) in [5, 5.41) is 0. The number of amides is 1. The second-order valence-corrected chi connectivity index (χ2v) is 3.92. The monoisotopic (exact) mass is 181 g/mol. The average Bonchev–Trinajstić information content (AvgIpc) is 2.64. The van der Waals surface area contributed by atoms with Crippen molar-refractivity contribution in [1.82, 2.24) is 4.90 Å². The lowest BCUT2D eigenvalue weighted by Gasteiger charge is -2.18. The first-order valence-electron chi connectivity index (χ1n) is 5.10. The van der Waals surface area contributed by atoms with Gasteiger partial charge in [0.2, 0.25) is 5.91 Å². The van der Waals surface area contributed by atoms with E-state index in [-0.39, 0.29) is 5.91 Å². The summed E-state index contributed by atoms with van der Waals surface area (Å²) in [6.07, 6.45) is 3.79. The number of hydrogen-bond donors (Lipinski definition) is 0. The largest absolute Gasteiger partial charge is 0.339 e. The quantitative estimate of drug-likeness (QED) is 0.610. The summed E-state index contributed by atoms with van der Waals surface area (Å²) in [7, 11) is 0. The van der Waals surface area contributed by atoms with Gasteiger partial charge in [-0.25, -0.2) is 0 Å². The van der Waals surface area contributed by atoms with Gasteiger partial charge in [-0.2, -0.15) is 0 Å². The fourth-order valence-electron chi connectivity index (χ4n) is 1.91. The fraction of sp³-hybridized carbons (Fsp3) is 0.727. The van der Waals surface area contributed by atoms with Crippen LogP contribution in [-0.2, 0) is 4.79 Å². The summed E-state index contributed by atoms with van der Waals surface area (Å²) in [6.45, 7) is 9.83. The first-order chi connectivity index (χ1) is 6.19. The molecule has 0 aliphatic carbocycles. The Labute approximate surface area is 80.6 Å². The lowest BCUT2D eigenvalue weighted by atomic mass is 9.91. The Balaban J connectivity index is 2.44. The third-order valence-electron chi connectivity index (χ3n) is 3.16. The highest BCUT2D eigenvalue weighted by Gasteiger charge is 2.27. The Bertz CT molecular complexity index is 200. The maximum absolute atomic E-state index is 11.3. The minimum absolute atomic E-state index is 0.0887. The zero-order chi connectivity index (χ0) is 9.84. The molecular formula is C11H19NO. The molecule has 1 heterocycles. The molecule has 2 unspecified atom stereocenters. The summed E-state index contributed by atoms with van der Waals surface area (Å²) in [5.74, 6) is 1.53. The molecule has 13 heavy (non-hydrogen) atoms. The van der Waals surface area contributed by atoms with Crippen LogP contribution in [0.5, 0.6) is 0 Å². The van der Waals surface area contributed by atoms with E-state index in [0.717, 1.165) is 25.4 Å². The second kappa shape index (κ2) is 4.45. The Hall–Kier alpha value is -0.790. The molecule has 0 bridgehead atoms. The molecule has 2 nitrogen and oxygen atoms in total. The molecule has 0 aromatic carbocycles. The molecule has 0 saturated carbocycles. The van der Waals surface area contributed by atoms with Gasteiger partial charge >= 0.3 is 0 Å². The maximum atomic E-state index is 11.3. The predicted octanol–water partition coefficient (Wildman–Crippen LogP) is 2.07. The lowest BCUT2D eigenvalue weighted by Crippen LogP contribution is -2.27. The van der Waals surface area contributed by atoms with Crippen molar-refractivity contribution in [2.75, 3.05) is 13.1 Å². The van der Waals surface area contributed by atoms with Gasteiger partial charge in [0.05, 0.1) is 0 Å². The second-order valence-electron chi connectivity index (χ2n) is 3.92. The summed E-state index contributed by atoms with van der Waals surface area (Å²) >= 11 is 0. The van der Waals surface area contributed by atoms with E-state index in [1.807, 2.05) is 4.90 Å². The standard InChI is InChI=1S/C11H19NO/c1-4-9(3)10-6-7-12(8-10)11(13)5-2/h5,9-10H,2,4,6-8H2,1,3H3. The van der Waals surface area contributed by atoms with E-state index in [1.54, 1.807) is 0 Å². The van der Waals surface area contributed by atoms with E-state index >= 15 is 0 Å². The minimum Gasteiger partial charge on any atom is -0.339 e. The summed E-state index contributed by atoms with van der Waals surface area (Å²) in [6, 6.07) is 0. The van der Waals surface area contributed by atoms with Crippen LogP contribution in [0.2, 0.25) is 0 Å². The van der Waals surface area contributed by atoms with Crippen LogP contribution in [0.4, 0.5) is 0 Å². The third-order valence-corrected chi connectivity index (χ3v) is 3.16. The van der Waals surface area contributed by atoms with Crippen molar-refractivity contribution in [3.8, 4) is 0 Å². The highest BCUT2D eigenvalue weighted by atomic mass is 16.2. The van der Waals surface area contributed by atoms with E-state index < -0.39 is 0 Å². The average molecular weight is 181 g/mol. The molecule has 1 aliphatic heterocycles. The maximum Gasteiger partial charge on any atom is 0.245 e. The van der Waals surface area contributed by atoms with Gasteiger partial charge < -0.3 is 4.90 Å². The van der Waals surface area contributed by atoms with Gasteiger partial charge in [0.1, 0.15) is 0 Å². The van der Waals surface area contributed by atoms with Crippen molar-refractivity contribution < 1.29 is 4.79 Å². The van der Waals surface area contributed by atoms with Gasteiger partial charge in [0, 0.05) is 13.1 Å². The third kappa shape index (κ3) is 2.33. The number of carbonyl (C=O) groups excluding carboxylic acids is 1. The number of nitrogens with zero attached hydrogens (tertiary/aromatic N) is 1.